The highest BCUT2D eigenvalue weighted by atomic mass is 79.9. The Morgan fingerprint density at radius 3 is 2.67 bits per heavy atom. The van der Waals surface area contributed by atoms with Crippen molar-refractivity contribution in [2.45, 2.75) is 13.8 Å². The Kier molecular flexibility index (Phi) is 2.72. The van der Waals surface area contributed by atoms with Crippen molar-refractivity contribution < 1.29 is 4.74 Å². The molecule has 0 amide bonds. The maximum absolute atomic E-state index is 8.37. The molecule has 0 saturated carbocycles. The molecule has 0 fully saturated rings. The maximum atomic E-state index is 8.37. The molecule has 0 unspecified atom stereocenters. The Labute approximate surface area is 79.9 Å². The summed E-state index contributed by atoms with van der Waals surface area (Å²) in [5.41, 5.74) is 1.92. The number of aryl methyl sites for hydroxylation is 1. The van der Waals surface area contributed by atoms with Crippen LogP contribution in [0, 0.1) is 25.4 Å². The molecule has 0 N–H and O–H groups in total. The second kappa shape index (κ2) is 3.59. The molecule has 1 aromatic rings. The fourth-order valence-corrected chi connectivity index (χ4v) is 1.32. The summed E-state index contributed by atoms with van der Waals surface area (Å²) in [5.74, 6) is 0.645. The molecule has 0 spiro atoms. The van der Waals surface area contributed by atoms with E-state index in [4.69, 9.17) is 10.00 Å². The van der Waals surface area contributed by atoms with Crippen LogP contribution >= 0.6 is 15.9 Å². The molecule has 0 saturated heterocycles. The average molecular weight is 226 g/mol. The summed E-state index contributed by atoms with van der Waals surface area (Å²) in [5, 5.41) is 8.37. The number of ether oxygens (including phenoxy) is 1. The molecule has 0 aliphatic rings. The zero-order chi connectivity index (χ0) is 9.14. The molecule has 0 atom stereocenters. The van der Waals surface area contributed by atoms with Gasteiger partial charge in [-0.15, -0.1) is 5.26 Å². The van der Waals surface area contributed by atoms with Crippen LogP contribution in [0.3, 0.4) is 0 Å². The van der Waals surface area contributed by atoms with E-state index in [9.17, 15) is 0 Å². The average Bonchev–Trinajstić information content (AvgIpc) is 2.06. The second-order valence-electron chi connectivity index (χ2n) is 2.51. The molecule has 0 aromatic heterocycles. The lowest BCUT2D eigenvalue weighted by atomic mass is 10.1. The molecule has 3 heteroatoms. The zero-order valence-electron chi connectivity index (χ0n) is 6.89. The summed E-state index contributed by atoms with van der Waals surface area (Å²) in [6.45, 7) is 3.82. The number of halogens is 1. The van der Waals surface area contributed by atoms with Crippen molar-refractivity contribution in [1.29, 1.82) is 5.26 Å². The topological polar surface area (TPSA) is 33.0 Å². The van der Waals surface area contributed by atoms with Gasteiger partial charge in [0.2, 0.25) is 0 Å². The van der Waals surface area contributed by atoms with Gasteiger partial charge in [-0.25, -0.2) is 0 Å². The Balaban J connectivity index is 3.25. The lowest BCUT2D eigenvalue weighted by Gasteiger charge is -2.06. The summed E-state index contributed by atoms with van der Waals surface area (Å²) < 4.78 is 5.78. The third-order valence-corrected chi connectivity index (χ3v) is 2.54. The van der Waals surface area contributed by atoms with Crippen molar-refractivity contribution in [3.05, 3.63) is 27.7 Å². The quantitative estimate of drug-likeness (QED) is 0.689. The lowest BCUT2D eigenvalue weighted by molar-refractivity contribution is 0.498. The molecule has 62 valence electrons. The molecule has 12 heavy (non-hydrogen) atoms. The summed E-state index contributed by atoms with van der Waals surface area (Å²) in [4.78, 5) is 0. The van der Waals surface area contributed by atoms with Crippen LogP contribution in [0.1, 0.15) is 11.1 Å². The third kappa shape index (κ3) is 1.59. The number of hydrogen-bond donors (Lipinski definition) is 0. The standard InChI is InChI=1S/C9H8BrNO/c1-6-3-4-8(10)7(2)9(6)12-5-11/h3-4H,1-2H3. The van der Waals surface area contributed by atoms with Crippen LogP contribution in [-0.2, 0) is 0 Å². The SMILES string of the molecule is Cc1ccc(Br)c(C)c1OC#N. The Morgan fingerprint density at radius 2 is 2.08 bits per heavy atom. The van der Waals surface area contributed by atoms with Gasteiger partial charge in [0.05, 0.1) is 0 Å². The summed E-state index contributed by atoms with van der Waals surface area (Å²) in [6.07, 6.45) is 1.67. The molecule has 0 aliphatic heterocycles. The van der Waals surface area contributed by atoms with E-state index in [1.807, 2.05) is 26.0 Å². The van der Waals surface area contributed by atoms with Gasteiger partial charge in [0.1, 0.15) is 5.75 Å². The van der Waals surface area contributed by atoms with Crippen LogP contribution in [0.25, 0.3) is 0 Å². The summed E-state index contributed by atoms with van der Waals surface area (Å²) >= 11 is 3.36. The molecular weight excluding hydrogens is 218 g/mol. The van der Waals surface area contributed by atoms with Gasteiger partial charge in [0.15, 0.2) is 0 Å². The molecular formula is C9H8BrNO. The fourth-order valence-electron chi connectivity index (χ4n) is 1.01. The van der Waals surface area contributed by atoms with E-state index < -0.39 is 0 Å². The fraction of sp³-hybridized carbons (Fsp3) is 0.222. The van der Waals surface area contributed by atoms with Gasteiger partial charge in [-0.3, -0.25) is 0 Å². The minimum absolute atomic E-state index is 0.645. The highest BCUT2D eigenvalue weighted by Gasteiger charge is 2.06. The van der Waals surface area contributed by atoms with E-state index >= 15 is 0 Å². The Morgan fingerprint density at radius 1 is 1.42 bits per heavy atom. The van der Waals surface area contributed by atoms with E-state index in [2.05, 4.69) is 15.9 Å². The van der Waals surface area contributed by atoms with Crippen molar-refractivity contribution >= 4 is 15.9 Å². The Bertz CT molecular complexity index is 341. The number of nitrogens with zero attached hydrogens (tertiary/aromatic N) is 1. The molecule has 2 nitrogen and oxygen atoms in total. The van der Waals surface area contributed by atoms with Crippen molar-refractivity contribution in [3.8, 4) is 12.0 Å². The van der Waals surface area contributed by atoms with Crippen molar-refractivity contribution in [2.24, 2.45) is 0 Å². The highest BCUT2D eigenvalue weighted by molar-refractivity contribution is 9.10. The first-order chi connectivity index (χ1) is 5.66. The molecule has 1 rings (SSSR count). The Hall–Kier alpha value is -1.01. The molecule has 1 aromatic carbocycles. The minimum Gasteiger partial charge on any atom is -0.387 e. The first-order valence-corrected chi connectivity index (χ1v) is 4.27. The van der Waals surface area contributed by atoms with E-state index in [0.717, 1.165) is 15.6 Å². The summed E-state index contributed by atoms with van der Waals surface area (Å²) in [7, 11) is 0. The van der Waals surface area contributed by atoms with Crippen LogP contribution in [0.15, 0.2) is 16.6 Å². The third-order valence-electron chi connectivity index (χ3n) is 1.68. The van der Waals surface area contributed by atoms with Crippen LogP contribution in [0.2, 0.25) is 0 Å². The van der Waals surface area contributed by atoms with Crippen molar-refractivity contribution in [2.75, 3.05) is 0 Å². The first kappa shape index (κ1) is 9.08. The highest BCUT2D eigenvalue weighted by Crippen LogP contribution is 2.29. The van der Waals surface area contributed by atoms with E-state index in [1.165, 1.54) is 0 Å². The second-order valence-corrected chi connectivity index (χ2v) is 3.37. The van der Waals surface area contributed by atoms with Gasteiger partial charge >= 0.3 is 0 Å². The van der Waals surface area contributed by atoms with Crippen LogP contribution in [-0.4, -0.2) is 0 Å². The molecule has 0 bridgehead atoms. The maximum Gasteiger partial charge on any atom is 0.292 e. The van der Waals surface area contributed by atoms with Gasteiger partial charge in [0.25, 0.3) is 6.26 Å². The van der Waals surface area contributed by atoms with Crippen molar-refractivity contribution in [1.82, 2.24) is 0 Å². The molecule has 0 heterocycles. The van der Waals surface area contributed by atoms with E-state index in [-0.39, 0.29) is 0 Å². The van der Waals surface area contributed by atoms with E-state index in [1.54, 1.807) is 6.26 Å². The number of rotatable bonds is 1. The van der Waals surface area contributed by atoms with Crippen LogP contribution in [0.4, 0.5) is 0 Å². The number of hydrogen-bond acceptors (Lipinski definition) is 2. The molecule has 0 radical (unpaired) electrons. The number of nitriles is 1. The van der Waals surface area contributed by atoms with Gasteiger partial charge < -0.3 is 4.74 Å². The van der Waals surface area contributed by atoms with Crippen molar-refractivity contribution in [3.63, 3.8) is 0 Å². The minimum atomic E-state index is 0.645. The monoisotopic (exact) mass is 225 g/mol. The summed E-state index contributed by atoms with van der Waals surface area (Å²) in [6, 6.07) is 3.85. The molecule has 0 aliphatic carbocycles. The van der Waals surface area contributed by atoms with Gasteiger partial charge in [-0.1, -0.05) is 22.0 Å². The van der Waals surface area contributed by atoms with Gasteiger partial charge in [0, 0.05) is 10.0 Å². The predicted octanol–water partition coefficient (Wildman–Crippen LogP) is 2.93. The smallest absolute Gasteiger partial charge is 0.292 e. The van der Waals surface area contributed by atoms with Gasteiger partial charge in [-0.05, 0) is 25.5 Å². The predicted molar refractivity (Wildman–Crippen MR) is 49.9 cm³/mol. The van der Waals surface area contributed by atoms with Crippen LogP contribution < -0.4 is 4.74 Å². The zero-order valence-corrected chi connectivity index (χ0v) is 8.47. The normalized spacial score (nSPS) is 9.17. The largest absolute Gasteiger partial charge is 0.387 e. The number of benzene rings is 1. The van der Waals surface area contributed by atoms with Crippen LogP contribution in [0.5, 0.6) is 5.75 Å². The first-order valence-electron chi connectivity index (χ1n) is 3.48. The van der Waals surface area contributed by atoms with Gasteiger partial charge in [-0.2, -0.15) is 0 Å². The van der Waals surface area contributed by atoms with E-state index in [0.29, 0.717) is 5.75 Å². The lowest BCUT2D eigenvalue weighted by Crippen LogP contribution is -1.90.